The second-order valence-electron chi connectivity index (χ2n) is 6.24. The molecule has 0 bridgehead atoms. The molecule has 1 aliphatic heterocycles. The molecule has 0 unspecified atom stereocenters. The Bertz CT molecular complexity index is 667. The van der Waals surface area contributed by atoms with Gasteiger partial charge in [0.25, 0.3) is 0 Å². The van der Waals surface area contributed by atoms with E-state index in [1.807, 2.05) is 18.2 Å². The van der Waals surface area contributed by atoms with Gasteiger partial charge in [-0.1, -0.05) is 48.0 Å². The van der Waals surface area contributed by atoms with Gasteiger partial charge in [-0.15, -0.1) is 0 Å². The highest BCUT2D eigenvalue weighted by atomic mass is 16.2. The lowest BCUT2D eigenvalue weighted by molar-refractivity contribution is -0.119. The first-order valence-electron chi connectivity index (χ1n) is 8.37. The zero-order chi connectivity index (χ0) is 16.1. The fourth-order valence-corrected chi connectivity index (χ4v) is 3.19. The molecule has 0 spiro atoms. The Morgan fingerprint density at radius 2 is 2.00 bits per heavy atom. The van der Waals surface area contributed by atoms with Crippen LogP contribution in [0.1, 0.15) is 23.1 Å². The lowest BCUT2D eigenvalue weighted by atomic mass is 9.99. The van der Waals surface area contributed by atoms with Gasteiger partial charge in [-0.2, -0.15) is 0 Å². The van der Waals surface area contributed by atoms with E-state index in [9.17, 15) is 4.79 Å². The Labute approximate surface area is 138 Å². The van der Waals surface area contributed by atoms with Crippen LogP contribution in [0, 0.1) is 6.92 Å². The zero-order valence-electron chi connectivity index (χ0n) is 13.7. The molecular formula is C20H24N2O. The van der Waals surface area contributed by atoms with Crippen LogP contribution in [0.15, 0.2) is 48.5 Å². The van der Waals surface area contributed by atoms with Crippen molar-refractivity contribution in [1.29, 1.82) is 0 Å². The van der Waals surface area contributed by atoms with Crippen molar-refractivity contribution in [3.63, 3.8) is 0 Å². The molecule has 3 nitrogen and oxygen atoms in total. The third kappa shape index (κ3) is 4.13. The van der Waals surface area contributed by atoms with Gasteiger partial charge in [0.2, 0.25) is 5.91 Å². The van der Waals surface area contributed by atoms with Crippen LogP contribution in [-0.4, -0.2) is 25.5 Å². The van der Waals surface area contributed by atoms with Gasteiger partial charge >= 0.3 is 0 Å². The molecule has 1 N–H and O–H groups in total. The molecule has 3 heteroatoms. The number of rotatable bonds is 5. The molecule has 0 saturated carbocycles. The molecule has 1 amide bonds. The van der Waals surface area contributed by atoms with Crippen LogP contribution in [-0.2, 0) is 17.6 Å². The molecule has 0 atom stereocenters. The SMILES string of the molecule is Cc1ccc2c(c1)CCCN2CC(=O)NCCc1ccccc1. The van der Waals surface area contributed by atoms with Crippen molar-refractivity contribution in [3.05, 3.63) is 65.2 Å². The molecule has 0 aromatic heterocycles. The monoisotopic (exact) mass is 308 g/mol. The molecule has 1 aliphatic rings. The standard InChI is InChI=1S/C20H24N2O/c1-16-9-10-19-18(14-16)8-5-13-22(19)15-20(23)21-12-11-17-6-3-2-4-7-17/h2-4,6-7,9-10,14H,5,8,11-13,15H2,1H3,(H,21,23). The van der Waals surface area contributed by atoms with Gasteiger partial charge in [-0.25, -0.2) is 0 Å². The Kier molecular flexibility index (Phi) is 4.96. The number of hydrogen-bond donors (Lipinski definition) is 1. The van der Waals surface area contributed by atoms with Gasteiger partial charge in [0, 0.05) is 18.8 Å². The minimum Gasteiger partial charge on any atom is -0.362 e. The fourth-order valence-electron chi connectivity index (χ4n) is 3.19. The fraction of sp³-hybridized carbons (Fsp3) is 0.350. The molecule has 3 rings (SSSR count). The molecule has 120 valence electrons. The summed E-state index contributed by atoms with van der Waals surface area (Å²) >= 11 is 0. The molecule has 2 aromatic carbocycles. The van der Waals surface area contributed by atoms with Gasteiger partial charge in [-0.3, -0.25) is 4.79 Å². The molecule has 0 radical (unpaired) electrons. The third-order valence-corrected chi connectivity index (χ3v) is 4.36. The van der Waals surface area contributed by atoms with Crippen molar-refractivity contribution >= 4 is 11.6 Å². The maximum Gasteiger partial charge on any atom is 0.239 e. The summed E-state index contributed by atoms with van der Waals surface area (Å²) in [5.74, 6) is 0.106. The van der Waals surface area contributed by atoms with Crippen molar-refractivity contribution in [2.24, 2.45) is 0 Å². The lowest BCUT2D eigenvalue weighted by Crippen LogP contribution is -2.40. The van der Waals surface area contributed by atoms with Crippen LogP contribution >= 0.6 is 0 Å². The lowest BCUT2D eigenvalue weighted by Gasteiger charge is -2.31. The van der Waals surface area contributed by atoms with Crippen LogP contribution in [0.4, 0.5) is 5.69 Å². The Morgan fingerprint density at radius 3 is 2.83 bits per heavy atom. The number of carbonyl (C=O) groups is 1. The average molecular weight is 308 g/mol. The van der Waals surface area contributed by atoms with Crippen molar-refractivity contribution in [3.8, 4) is 0 Å². The topological polar surface area (TPSA) is 32.3 Å². The Balaban J connectivity index is 1.53. The number of anilines is 1. The predicted molar refractivity (Wildman–Crippen MR) is 94.9 cm³/mol. The van der Waals surface area contributed by atoms with Gasteiger partial charge < -0.3 is 10.2 Å². The maximum absolute atomic E-state index is 12.2. The highest BCUT2D eigenvalue weighted by Gasteiger charge is 2.18. The van der Waals surface area contributed by atoms with Crippen LogP contribution in [0.2, 0.25) is 0 Å². The van der Waals surface area contributed by atoms with Crippen molar-refractivity contribution < 1.29 is 4.79 Å². The summed E-state index contributed by atoms with van der Waals surface area (Å²) in [7, 11) is 0. The zero-order valence-corrected chi connectivity index (χ0v) is 13.7. The number of fused-ring (bicyclic) bond motifs is 1. The van der Waals surface area contributed by atoms with Crippen LogP contribution < -0.4 is 10.2 Å². The Morgan fingerprint density at radius 1 is 1.17 bits per heavy atom. The summed E-state index contributed by atoms with van der Waals surface area (Å²) < 4.78 is 0. The van der Waals surface area contributed by atoms with E-state index in [2.05, 4.69) is 47.5 Å². The molecule has 0 fully saturated rings. The summed E-state index contributed by atoms with van der Waals surface area (Å²) in [4.78, 5) is 14.4. The van der Waals surface area contributed by atoms with Gasteiger partial charge in [0.05, 0.1) is 6.54 Å². The summed E-state index contributed by atoms with van der Waals surface area (Å²) in [5.41, 5.74) is 5.14. The number of amides is 1. The second kappa shape index (κ2) is 7.32. The quantitative estimate of drug-likeness (QED) is 0.920. The summed E-state index contributed by atoms with van der Waals surface area (Å²) in [5, 5.41) is 3.04. The smallest absolute Gasteiger partial charge is 0.239 e. The van der Waals surface area contributed by atoms with Crippen LogP contribution in [0.25, 0.3) is 0 Å². The van der Waals surface area contributed by atoms with E-state index in [0.717, 1.165) is 25.8 Å². The molecular weight excluding hydrogens is 284 g/mol. The first-order valence-corrected chi connectivity index (χ1v) is 8.37. The third-order valence-electron chi connectivity index (χ3n) is 4.36. The maximum atomic E-state index is 12.2. The number of nitrogens with zero attached hydrogens (tertiary/aromatic N) is 1. The highest BCUT2D eigenvalue weighted by molar-refractivity contribution is 5.82. The second-order valence-corrected chi connectivity index (χ2v) is 6.24. The Hall–Kier alpha value is -2.29. The van der Waals surface area contributed by atoms with Gasteiger partial charge in [-0.05, 0) is 43.4 Å². The number of nitrogens with one attached hydrogen (secondary N) is 1. The minimum absolute atomic E-state index is 0.106. The number of benzene rings is 2. The van der Waals surface area contributed by atoms with E-state index in [4.69, 9.17) is 0 Å². The van der Waals surface area contributed by atoms with E-state index in [-0.39, 0.29) is 5.91 Å². The molecule has 2 aromatic rings. The van der Waals surface area contributed by atoms with Crippen LogP contribution in [0.3, 0.4) is 0 Å². The van der Waals surface area contributed by atoms with E-state index in [1.54, 1.807) is 0 Å². The predicted octanol–water partition coefficient (Wildman–Crippen LogP) is 3.11. The highest BCUT2D eigenvalue weighted by Crippen LogP contribution is 2.27. The van der Waals surface area contributed by atoms with Crippen molar-refractivity contribution in [2.75, 3.05) is 24.5 Å². The first-order chi connectivity index (χ1) is 11.2. The van der Waals surface area contributed by atoms with E-state index in [0.29, 0.717) is 13.1 Å². The van der Waals surface area contributed by atoms with E-state index < -0.39 is 0 Å². The van der Waals surface area contributed by atoms with Crippen molar-refractivity contribution in [1.82, 2.24) is 5.32 Å². The molecule has 1 heterocycles. The minimum atomic E-state index is 0.106. The van der Waals surface area contributed by atoms with E-state index in [1.165, 1.54) is 22.4 Å². The first kappa shape index (κ1) is 15.6. The van der Waals surface area contributed by atoms with Gasteiger partial charge in [0.15, 0.2) is 0 Å². The molecule has 0 saturated heterocycles. The normalized spacial score (nSPS) is 13.5. The van der Waals surface area contributed by atoms with Crippen molar-refractivity contribution in [2.45, 2.75) is 26.2 Å². The summed E-state index contributed by atoms with van der Waals surface area (Å²) in [6.07, 6.45) is 3.11. The van der Waals surface area contributed by atoms with Gasteiger partial charge in [0.1, 0.15) is 0 Å². The summed E-state index contributed by atoms with van der Waals surface area (Å²) in [6.45, 7) is 4.22. The largest absolute Gasteiger partial charge is 0.362 e. The number of carbonyl (C=O) groups excluding carboxylic acids is 1. The van der Waals surface area contributed by atoms with Crippen LogP contribution in [0.5, 0.6) is 0 Å². The molecule has 0 aliphatic carbocycles. The van der Waals surface area contributed by atoms with E-state index >= 15 is 0 Å². The summed E-state index contributed by atoms with van der Waals surface area (Å²) in [6, 6.07) is 16.8. The average Bonchev–Trinajstić information content (AvgIpc) is 2.56. The number of hydrogen-bond acceptors (Lipinski definition) is 2. The number of aryl methyl sites for hydroxylation is 2. The molecule has 23 heavy (non-hydrogen) atoms.